The molecular formula is C28H31ClN2O2S. The van der Waals surface area contributed by atoms with E-state index in [0.29, 0.717) is 24.5 Å². The van der Waals surface area contributed by atoms with Gasteiger partial charge in [-0.15, -0.1) is 11.8 Å². The van der Waals surface area contributed by atoms with Gasteiger partial charge < -0.3 is 10.2 Å². The number of nitrogens with zero attached hydrogens (tertiary/aromatic N) is 1. The summed E-state index contributed by atoms with van der Waals surface area (Å²) in [4.78, 5) is 29.6. The molecule has 0 fully saturated rings. The van der Waals surface area contributed by atoms with Crippen molar-refractivity contribution < 1.29 is 9.59 Å². The number of halogens is 1. The Morgan fingerprint density at radius 1 is 0.971 bits per heavy atom. The fourth-order valence-electron chi connectivity index (χ4n) is 3.65. The van der Waals surface area contributed by atoms with Gasteiger partial charge in [0.05, 0.1) is 5.75 Å². The zero-order chi connectivity index (χ0) is 24.3. The first kappa shape index (κ1) is 25.9. The van der Waals surface area contributed by atoms with E-state index in [1.54, 1.807) is 4.90 Å². The van der Waals surface area contributed by atoms with E-state index >= 15 is 0 Å². The van der Waals surface area contributed by atoms with Crippen molar-refractivity contribution in [1.82, 2.24) is 10.2 Å². The number of nitrogens with one attached hydrogen (secondary N) is 1. The van der Waals surface area contributed by atoms with Crippen LogP contribution in [0.2, 0.25) is 5.02 Å². The lowest BCUT2D eigenvalue weighted by Crippen LogP contribution is -2.51. The van der Waals surface area contributed by atoms with Crippen molar-refractivity contribution >= 4 is 35.2 Å². The molecule has 2 amide bonds. The molecule has 0 saturated carbocycles. The van der Waals surface area contributed by atoms with Crippen LogP contribution in [0.25, 0.3) is 0 Å². The zero-order valence-electron chi connectivity index (χ0n) is 19.7. The molecule has 0 aliphatic heterocycles. The summed E-state index contributed by atoms with van der Waals surface area (Å²) in [5.74, 6) is 0.0414. The number of aryl methyl sites for hydroxylation is 1. The number of carbonyl (C=O) groups excluding carboxylic acids is 2. The highest BCUT2D eigenvalue weighted by molar-refractivity contribution is 8.00. The highest BCUT2D eigenvalue weighted by atomic mass is 35.5. The smallest absolute Gasteiger partial charge is 0.243 e. The second-order valence-corrected chi connectivity index (χ2v) is 9.67. The van der Waals surface area contributed by atoms with Gasteiger partial charge in [0.2, 0.25) is 11.8 Å². The van der Waals surface area contributed by atoms with Gasteiger partial charge in [-0.25, -0.2) is 0 Å². The van der Waals surface area contributed by atoms with Crippen LogP contribution in [0, 0.1) is 6.92 Å². The van der Waals surface area contributed by atoms with Gasteiger partial charge in [0, 0.05) is 29.4 Å². The Balaban J connectivity index is 1.89. The molecule has 0 aliphatic rings. The van der Waals surface area contributed by atoms with Crippen molar-refractivity contribution in [1.29, 1.82) is 0 Å². The van der Waals surface area contributed by atoms with Gasteiger partial charge in [0.1, 0.15) is 6.04 Å². The molecular weight excluding hydrogens is 464 g/mol. The van der Waals surface area contributed by atoms with Gasteiger partial charge >= 0.3 is 0 Å². The number of hydrogen-bond acceptors (Lipinski definition) is 3. The quantitative estimate of drug-likeness (QED) is 0.337. The molecule has 0 aliphatic carbocycles. The predicted octanol–water partition coefficient (Wildman–Crippen LogP) is 5.91. The summed E-state index contributed by atoms with van der Waals surface area (Å²) < 4.78 is 0. The fourth-order valence-corrected chi connectivity index (χ4v) is 4.56. The first-order valence-electron chi connectivity index (χ1n) is 11.5. The van der Waals surface area contributed by atoms with E-state index < -0.39 is 6.04 Å². The second-order valence-electron chi connectivity index (χ2n) is 8.19. The average Bonchev–Trinajstić information content (AvgIpc) is 2.85. The van der Waals surface area contributed by atoms with E-state index in [-0.39, 0.29) is 17.6 Å². The molecule has 0 bridgehead atoms. The molecule has 4 nitrogen and oxygen atoms in total. The number of rotatable bonds is 11. The lowest BCUT2D eigenvalue weighted by Gasteiger charge is -2.32. The average molecular weight is 495 g/mol. The van der Waals surface area contributed by atoms with Crippen LogP contribution >= 0.6 is 23.4 Å². The molecule has 0 aromatic heterocycles. The minimum atomic E-state index is -0.605. The fraction of sp³-hybridized carbons (Fsp3) is 0.286. The third-order valence-electron chi connectivity index (χ3n) is 5.60. The van der Waals surface area contributed by atoms with Gasteiger partial charge in [0.25, 0.3) is 0 Å². The SMILES string of the molecule is CCCNC(=O)[C@@H](Cc1ccccc1)N(Cc1ccccc1C)C(=O)CSc1ccc(Cl)cc1. The summed E-state index contributed by atoms with van der Waals surface area (Å²) in [5, 5.41) is 3.67. The van der Waals surface area contributed by atoms with E-state index in [9.17, 15) is 9.59 Å². The molecule has 0 spiro atoms. The van der Waals surface area contributed by atoms with Gasteiger partial charge in [-0.2, -0.15) is 0 Å². The molecule has 6 heteroatoms. The third kappa shape index (κ3) is 7.64. The van der Waals surface area contributed by atoms with Crippen molar-refractivity contribution in [2.45, 2.75) is 44.2 Å². The molecule has 0 radical (unpaired) electrons. The Morgan fingerprint density at radius 2 is 1.65 bits per heavy atom. The van der Waals surface area contributed by atoms with Crippen LogP contribution in [0.5, 0.6) is 0 Å². The first-order chi connectivity index (χ1) is 16.5. The number of amides is 2. The molecule has 3 aromatic carbocycles. The predicted molar refractivity (Wildman–Crippen MR) is 141 cm³/mol. The number of thioether (sulfide) groups is 1. The number of benzene rings is 3. The molecule has 1 atom stereocenters. The summed E-state index contributed by atoms with van der Waals surface area (Å²) in [6, 6.07) is 24.7. The minimum absolute atomic E-state index is 0.0733. The van der Waals surface area contributed by atoms with E-state index in [1.807, 2.05) is 92.7 Å². The van der Waals surface area contributed by atoms with Gasteiger partial charge in [-0.05, 0) is 54.3 Å². The maximum atomic E-state index is 13.6. The molecule has 1 N–H and O–H groups in total. The molecule has 0 saturated heterocycles. The Hall–Kier alpha value is -2.76. The molecule has 0 heterocycles. The second kappa shape index (κ2) is 13.2. The van der Waals surface area contributed by atoms with Gasteiger partial charge in [0.15, 0.2) is 0 Å². The standard InChI is InChI=1S/C28H31ClN2O2S/c1-3-17-30-28(33)26(18-22-10-5-4-6-11-22)31(19-23-12-8-7-9-21(23)2)27(32)20-34-25-15-13-24(29)14-16-25/h4-16,26H,3,17-20H2,1-2H3,(H,30,33)/t26-/m1/s1. The number of carbonyl (C=O) groups is 2. The van der Waals surface area contributed by atoms with Crippen molar-refractivity contribution in [2.75, 3.05) is 12.3 Å². The van der Waals surface area contributed by atoms with Crippen LogP contribution in [-0.2, 0) is 22.6 Å². The maximum Gasteiger partial charge on any atom is 0.243 e. The first-order valence-corrected chi connectivity index (χ1v) is 12.9. The largest absolute Gasteiger partial charge is 0.354 e. The van der Waals surface area contributed by atoms with Crippen LogP contribution < -0.4 is 5.32 Å². The molecule has 0 unspecified atom stereocenters. The lowest BCUT2D eigenvalue weighted by atomic mass is 10.0. The van der Waals surface area contributed by atoms with Gasteiger partial charge in [-0.3, -0.25) is 9.59 Å². The van der Waals surface area contributed by atoms with Crippen LogP contribution in [0.4, 0.5) is 0 Å². The normalized spacial score (nSPS) is 11.6. The summed E-state index contributed by atoms with van der Waals surface area (Å²) in [7, 11) is 0. The Labute approximate surface area is 211 Å². The highest BCUT2D eigenvalue weighted by Gasteiger charge is 2.30. The molecule has 3 aromatic rings. The van der Waals surface area contributed by atoms with E-state index in [0.717, 1.165) is 28.0 Å². The van der Waals surface area contributed by atoms with E-state index in [4.69, 9.17) is 11.6 Å². The maximum absolute atomic E-state index is 13.6. The van der Waals surface area contributed by atoms with Gasteiger partial charge in [-0.1, -0.05) is 73.1 Å². The summed E-state index contributed by atoms with van der Waals surface area (Å²) in [6.45, 7) is 5.01. The summed E-state index contributed by atoms with van der Waals surface area (Å²) >= 11 is 7.45. The molecule has 178 valence electrons. The zero-order valence-corrected chi connectivity index (χ0v) is 21.2. The lowest BCUT2D eigenvalue weighted by molar-refractivity contribution is -0.139. The van der Waals surface area contributed by atoms with Crippen molar-refractivity contribution in [2.24, 2.45) is 0 Å². The van der Waals surface area contributed by atoms with E-state index in [2.05, 4.69) is 5.32 Å². The monoisotopic (exact) mass is 494 g/mol. The van der Waals surface area contributed by atoms with Crippen LogP contribution in [0.1, 0.15) is 30.0 Å². The number of hydrogen-bond donors (Lipinski definition) is 1. The highest BCUT2D eigenvalue weighted by Crippen LogP contribution is 2.23. The minimum Gasteiger partial charge on any atom is -0.354 e. The Kier molecular flexibility index (Phi) is 10.0. The van der Waals surface area contributed by atoms with Crippen molar-refractivity contribution in [3.8, 4) is 0 Å². The van der Waals surface area contributed by atoms with Crippen molar-refractivity contribution in [3.05, 3.63) is 101 Å². The van der Waals surface area contributed by atoms with Crippen molar-refractivity contribution in [3.63, 3.8) is 0 Å². The van der Waals surface area contributed by atoms with Crippen LogP contribution in [-0.4, -0.2) is 35.1 Å². The summed E-state index contributed by atoms with van der Waals surface area (Å²) in [6.07, 6.45) is 1.29. The van der Waals surface area contributed by atoms with Crippen LogP contribution in [0.15, 0.2) is 83.8 Å². The summed E-state index contributed by atoms with van der Waals surface area (Å²) in [5.41, 5.74) is 3.15. The topological polar surface area (TPSA) is 49.4 Å². The Bertz CT molecular complexity index is 1070. The van der Waals surface area contributed by atoms with Crippen LogP contribution in [0.3, 0.4) is 0 Å². The third-order valence-corrected chi connectivity index (χ3v) is 6.85. The molecule has 34 heavy (non-hydrogen) atoms. The Morgan fingerprint density at radius 3 is 2.32 bits per heavy atom. The van der Waals surface area contributed by atoms with E-state index in [1.165, 1.54) is 11.8 Å². The molecule has 3 rings (SSSR count).